The topological polar surface area (TPSA) is 66.5 Å². The normalized spacial score (nSPS) is 11.7. The summed E-state index contributed by atoms with van der Waals surface area (Å²) in [5, 5.41) is 2.03. The number of benzene rings is 2. The van der Waals surface area contributed by atoms with Crippen molar-refractivity contribution in [2.24, 2.45) is 0 Å². The van der Waals surface area contributed by atoms with Crippen LogP contribution in [0.4, 0.5) is 18.9 Å². The molecule has 26 heavy (non-hydrogen) atoms. The fraction of sp³-hybridized carbons (Fsp3) is 0.235. The molecule has 0 heterocycles. The highest BCUT2D eigenvalue weighted by Gasteiger charge is 2.25. The molecule has 0 saturated heterocycles. The third kappa shape index (κ3) is 4.05. The van der Waals surface area contributed by atoms with Crippen molar-refractivity contribution in [2.45, 2.75) is 18.7 Å². The Kier molecular flexibility index (Phi) is 5.72. The van der Waals surface area contributed by atoms with Crippen LogP contribution in [0.2, 0.25) is 0 Å². The van der Waals surface area contributed by atoms with Crippen LogP contribution in [-0.2, 0) is 14.8 Å². The minimum atomic E-state index is -3.96. The summed E-state index contributed by atoms with van der Waals surface area (Å²) >= 11 is 0. The summed E-state index contributed by atoms with van der Waals surface area (Å²) in [5.41, 5.74) is 0.664. The highest BCUT2D eigenvalue weighted by Crippen LogP contribution is 2.22. The molecule has 0 aliphatic heterocycles. The van der Waals surface area contributed by atoms with Crippen LogP contribution < -0.4 is 5.32 Å². The molecule has 0 radical (unpaired) electrons. The van der Waals surface area contributed by atoms with Crippen molar-refractivity contribution < 1.29 is 26.4 Å². The van der Waals surface area contributed by atoms with E-state index in [9.17, 15) is 26.4 Å². The van der Waals surface area contributed by atoms with Crippen LogP contribution in [0.5, 0.6) is 0 Å². The molecule has 5 nitrogen and oxygen atoms in total. The van der Waals surface area contributed by atoms with Gasteiger partial charge < -0.3 is 5.32 Å². The number of rotatable bonds is 5. The Bertz CT molecular complexity index is 962. The molecule has 0 bridgehead atoms. The number of hydrogen-bond acceptors (Lipinski definition) is 3. The lowest BCUT2D eigenvalue weighted by molar-refractivity contribution is -0.116. The predicted octanol–water partition coefficient (Wildman–Crippen LogP) is 2.98. The van der Waals surface area contributed by atoms with Gasteiger partial charge in [-0.2, -0.15) is 4.31 Å². The third-order valence-electron chi connectivity index (χ3n) is 3.71. The molecule has 1 amide bonds. The summed E-state index contributed by atoms with van der Waals surface area (Å²) in [5.74, 6) is -5.57. The van der Waals surface area contributed by atoms with Gasteiger partial charge in [-0.05, 0) is 43.2 Å². The van der Waals surface area contributed by atoms with E-state index >= 15 is 0 Å². The van der Waals surface area contributed by atoms with Gasteiger partial charge in [-0.15, -0.1) is 0 Å². The number of nitrogens with one attached hydrogen (secondary N) is 1. The van der Waals surface area contributed by atoms with Crippen molar-refractivity contribution in [2.75, 3.05) is 18.9 Å². The number of likely N-dealkylation sites (N-methyl/N-ethyl adjacent to an activating group) is 1. The molecule has 0 aromatic heterocycles. The number of amides is 1. The van der Waals surface area contributed by atoms with Crippen molar-refractivity contribution in [1.29, 1.82) is 0 Å². The Morgan fingerprint density at radius 2 is 1.73 bits per heavy atom. The third-order valence-corrected chi connectivity index (χ3v) is 5.65. The summed E-state index contributed by atoms with van der Waals surface area (Å²) in [6, 6.07) is 6.39. The van der Waals surface area contributed by atoms with Crippen LogP contribution >= 0.6 is 0 Å². The molecule has 9 heteroatoms. The number of aryl methyl sites for hydroxylation is 2. The van der Waals surface area contributed by atoms with Gasteiger partial charge >= 0.3 is 0 Å². The van der Waals surface area contributed by atoms with Gasteiger partial charge in [0, 0.05) is 7.05 Å². The molecule has 0 saturated carbocycles. The van der Waals surface area contributed by atoms with E-state index in [1.807, 2.05) is 5.32 Å². The number of carbonyl (C=O) groups is 1. The quantitative estimate of drug-likeness (QED) is 0.804. The van der Waals surface area contributed by atoms with Crippen molar-refractivity contribution in [1.82, 2.24) is 4.31 Å². The van der Waals surface area contributed by atoms with E-state index in [2.05, 4.69) is 0 Å². The molecule has 0 fully saturated rings. The standard InChI is InChI=1S/C17H17F3N2O3S/c1-10-4-5-11(2)14(8-10)26(24,25)22(3)9-15(23)21-13-7-6-12(18)16(19)17(13)20/h4-8H,9H2,1-3H3,(H,21,23). The lowest BCUT2D eigenvalue weighted by Crippen LogP contribution is -2.35. The molecule has 1 N–H and O–H groups in total. The lowest BCUT2D eigenvalue weighted by Gasteiger charge is -2.18. The SMILES string of the molecule is Cc1ccc(C)c(S(=O)(=O)N(C)CC(=O)Nc2ccc(F)c(F)c2F)c1. The number of sulfonamides is 1. The van der Waals surface area contributed by atoms with Crippen LogP contribution in [0.1, 0.15) is 11.1 Å². The predicted molar refractivity (Wildman–Crippen MR) is 90.7 cm³/mol. The van der Waals surface area contributed by atoms with Crippen LogP contribution in [0.3, 0.4) is 0 Å². The second kappa shape index (κ2) is 7.46. The van der Waals surface area contributed by atoms with Crippen LogP contribution in [-0.4, -0.2) is 32.2 Å². The molecular formula is C17H17F3N2O3S. The summed E-state index contributed by atoms with van der Waals surface area (Å²) in [7, 11) is -2.77. The van der Waals surface area contributed by atoms with Crippen LogP contribution in [0.25, 0.3) is 0 Å². The Morgan fingerprint density at radius 3 is 2.38 bits per heavy atom. The molecule has 0 atom stereocenters. The summed E-state index contributed by atoms with van der Waals surface area (Å²) < 4.78 is 65.7. The Morgan fingerprint density at radius 1 is 1.08 bits per heavy atom. The van der Waals surface area contributed by atoms with Gasteiger partial charge in [0.15, 0.2) is 17.5 Å². The molecule has 0 aliphatic rings. The average molecular weight is 386 g/mol. The minimum Gasteiger partial charge on any atom is -0.322 e. The van der Waals surface area contributed by atoms with Gasteiger partial charge in [0.1, 0.15) is 0 Å². The largest absolute Gasteiger partial charge is 0.322 e. The smallest absolute Gasteiger partial charge is 0.243 e. The minimum absolute atomic E-state index is 0.0480. The molecule has 2 aromatic carbocycles. The van der Waals surface area contributed by atoms with E-state index in [0.29, 0.717) is 11.6 Å². The second-order valence-corrected chi connectivity index (χ2v) is 7.81. The molecule has 2 rings (SSSR count). The maximum absolute atomic E-state index is 13.6. The summed E-state index contributed by atoms with van der Waals surface area (Å²) in [6.07, 6.45) is 0. The van der Waals surface area contributed by atoms with E-state index in [1.54, 1.807) is 26.0 Å². The highest BCUT2D eigenvalue weighted by molar-refractivity contribution is 7.89. The van der Waals surface area contributed by atoms with E-state index in [1.165, 1.54) is 13.1 Å². The molecule has 0 unspecified atom stereocenters. The monoisotopic (exact) mass is 386 g/mol. The Balaban J connectivity index is 2.19. The van der Waals surface area contributed by atoms with Crippen molar-refractivity contribution in [3.05, 3.63) is 58.9 Å². The first-order chi connectivity index (χ1) is 12.0. The van der Waals surface area contributed by atoms with Crippen molar-refractivity contribution in [3.8, 4) is 0 Å². The van der Waals surface area contributed by atoms with Crippen LogP contribution in [0.15, 0.2) is 35.2 Å². The average Bonchev–Trinajstić information content (AvgIpc) is 2.57. The van der Waals surface area contributed by atoms with Gasteiger partial charge in [0.2, 0.25) is 15.9 Å². The van der Waals surface area contributed by atoms with Crippen molar-refractivity contribution in [3.63, 3.8) is 0 Å². The van der Waals surface area contributed by atoms with Gasteiger partial charge in [-0.25, -0.2) is 21.6 Å². The van der Waals surface area contributed by atoms with E-state index in [-0.39, 0.29) is 4.90 Å². The summed E-state index contributed by atoms with van der Waals surface area (Å²) in [6.45, 7) is 2.72. The number of anilines is 1. The second-order valence-electron chi connectivity index (χ2n) is 5.80. The van der Waals surface area contributed by atoms with Gasteiger partial charge in [-0.1, -0.05) is 12.1 Å². The highest BCUT2D eigenvalue weighted by atomic mass is 32.2. The Hall–Kier alpha value is -2.39. The first-order valence-electron chi connectivity index (χ1n) is 7.51. The summed E-state index contributed by atoms with van der Waals surface area (Å²) in [4.78, 5) is 12.0. The fourth-order valence-corrected chi connectivity index (χ4v) is 3.69. The first kappa shape index (κ1) is 19.9. The number of nitrogens with zero attached hydrogens (tertiary/aromatic N) is 1. The molecular weight excluding hydrogens is 369 g/mol. The maximum Gasteiger partial charge on any atom is 0.243 e. The van der Waals surface area contributed by atoms with Gasteiger partial charge in [0.05, 0.1) is 17.1 Å². The molecule has 0 aliphatic carbocycles. The number of halogens is 3. The molecule has 140 valence electrons. The number of carbonyl (C=O) groups excluding carboxylic acids is 1. The van der Waals surface area contributed by atoms with E-state index in [0.717, 1.165) is 15.9 Å². The first-order valence-corrected chi connectivity index (χ1v) is 8.95. The zero-order valence-electron chi connectivity index (χ0n) is 14.3. The van der Waals surface area contributed by atoms with Gasteiger partial charge in [0.25, 0.3) is 0 Å². The van der Waals surface area contributed by atoms with Crippen molar-refractivity contribution >= 4 is 21.6 Å². The zero-order valence-corrected chi connectivity index (χ0v) is 15.1. The number of hydrogen-bond donors (Lipinski definition) is 1. The molecule has 0 spiro atoms. The maximum atomic E-state index is 13.6. The van der Waals surface area contributed by atoms with E-state index in [4.69, 9.17) is 0 Å². The van der Waals surface area contributed by atoms with Gasteiger partial charge in [-0.3, -0.25) is 4.79 Å². The Labute approximate surface area is 149 Å². The lowest BCUT2D eigenvalue weighted by atomic mass is 10.2. The fourth-order valence-electron chi connectivity index (χ4n) is 2.25. The zero-order chi connectivity index (χ0) is 19.6. The molecule has 2 aromatic rings. The van der Waals surface area contributed by atoms with E-state index < -0.39 is 45.6 Å². The van der Waals surface area contributed by atoms with Crippen LogP contribution in [0, 0.1) is 31.3 Å².